The number of hydrogen-bond donors (Lipinski definition) is 2. The van der Waals surface area contributed by atoms with Crippen LogP contribution in [0.25, 0.3) is 10.2 Å². The van der Waals surface area contributed by atoms with Crippen molar-refractivity contribution in [1.29, 1.82) is 0 Å². The fourth-order valence-corrected chi connectivity index (χ4v) is 4.90. The van der Waals surface area contributed by atoms with Gasteiger partial charge >= 0.3 is 0 Å². The van der Waals surface area contributed by atoms with E-state index in [4.69, 9.17) is 11.6 Å². The fourth-order valence-electron chi connectivity index (χ4n) is 3.46. The third-order valence-electron chi connectivity index (χ3n) is 4.82. The van der Waals surface area contributed by atoms with E-state index in [2.05, 4.69) is 15.3 Å². The van der Waals surface area contributed by atoms with Crippen molar-refractivity contribution in [2.24, 2.45) is 0 Å². The van der Waals surface area contributed by atoms with Gasteiger partial charge in [-0.15, -0.1) is 11.3 Å². The summed E-state index contributed by atoms with van der Waals surface area (Å²) in [5, 5.41) is 14.5. The molecule has 1 aromatic carbocycles. The topological polar surface area (TPSA) is 81.6 Å². The number of hydrogen-bond acceptors (Lipinski definition) is 7. The van der Waals surface area contributed by atoms with Crippen LogP contribution < -0.4 is 5.32 Å². The quantitative estimate of drug-likeness (QED) is 0.584. The Morgan fingerprint density at radius 2 is 2.20 bits per heavy atom. The van der Waals surface area contributed by atoms with Crippen molar-refractivity contribution < 1.29 is 9.90 Å². The molecule has 0 radical (unpaired) electrons. The number of benzene rings is 1. The number of rotatable bonds is 5. The third-order valence-corrected chi connectivity index (χ3v) is 6.17. The molecule has 0 aliphatic carbocycles. The van der Waals surface area contributed by atoms with Crippen molar-refractivity contribution in [3.05, 3.63) is 52.1 Å². The second kappa shape index (κ2) is 8.59. The zero-order chi connectivity index (χ0) is 21.3. The number of thiophene rings is 1. The minimum atomic E-state index is 0.0267. The van der Waals surface area contributed by atoms with Gasteiger partial charge in [-0.1, -0.05) is 17.7 Å². The van der Waals surface area contributed by atoms with Crippen LogP contribution in [0.3, 0.4) is 0 Å². The molecular formula is C21H22ClN5O2S. The van der Waals surface area contributed by atoms with E-state index in [0.717, 1.165) is 28.1 Å². The molecular weight excluding hydrogens is 422 g/mol. The number of nitrogens with one attached hydrogen (secondary N) is 1. The van der Waals surface area contributed by atoms with Crippen LogP contribution in [0.15, 0.2) is 36.7 Å². The van der Waals surface area contributed by atoms with E-state index < -0.39 is 0 Å². The van der Waals surface area contributed by atoms with Crippen molar-refractivity contribution in [2.45, 2.75) is 13.0 Å². The molecule has 7 nitrogen and oxygen atoms in total. The van der Waals surface area contributed by atoms with Gasteiger partial charge in [0.1, 0.15) is 22.7 Å². The molecule has 0 atom stereocenters. The summed E-state index contributed by atoms with van der Waals surface area (Å²) < 4.78 is 0. The number of aromatic nitrogens is 2. The van der Waals surface area contributed by atoms with Gasteiger partial charge in [0.05, 0.1) is 11.9 Å². The molecule has 0 saturated carbocycles. The van der Waals surface area contributed by atoms with Crippen LogP contribution in [0.5, 0.6) is 5.75 Å². The highest BCUT2D eigenvalue weighted by molar-refractivity contribution is 7.19. The predicted octanol–water partition coefficient (Wildman–Crippen LogP) is 3.80. The number of nitrogens with zero attached hydrogens (tertiary/aromatic N) is 4. The monoisotopic (exact) mass is 443 g/mol. The SMILES string of the molecule is CN(C)C/C=C/C(=O)N1CCc2c(sc3ncnc(Nc4cc(O)cc(Cl)c4)c23)C1. The lowest BCUT2D eigenvalue weighted by molar-refractivity contribution is -0.126. The maximum atomic E-state index is 12.5. The Morgan fingerprint density at radius 1 is 1.37 bits per heavy atom. The molecule has 4 rings (SSSR count). The Kier molecular flexibility index (Phi) is 5.90. The standard InChI is InChI=1S/C21H22ClN5O2S/c1-26(2)6-3-4-18(29)27-7-5-16-17(11-27)30-21-19(16)20(23-12-24-21)25-14-8-13(22)9-15(28)10-14/h3-4,8-10,12,28H,5-7,11H2,1-2H3,(H,23,24,25)/b4-3+. The van der Waals surface area contributed by atoms with Gasteiger partial charge in [0.25, 0.3) is 0 Å². The van der Waals surface area contributed by atoms with E-state index >= 15 is 0 Å². The van der Waals surface area contributed by atoms with E-state index in [1.807, 2.05) is 30.0 Å². The molecule has 2 N–H and O–H groups in total. The zero-order valence-electron chi connectivity index (χ0n) is 16.7. The average Bonchev–Trinajstić information content (AvgIpc) is 3.05. The van der Waals surface area contributed by atoms with Crippen LogP contribution in [0.2, 0.25) is 5.02 Å². The maximum Gasteiger partial charge on any atom is 0.246 e. The lowest BCUT2D eigenvalue weighted by Gasteiger charge is -2.26. The first-order valence-electron chi connectivity index (χ1n) is 9.52. The van der Waals surface area contributed by atoms with Crippen molar-refractivity contribution in [3.63, 3.8) is 0 Å². The van der Waals surface area contributed by atoms with Crippen molar-refractivity contribution in [1.82, 2.24) is 19.8 Å². The van der Waals surface area contributed by atoms with Gasteiger partial charge in [-0.3, -0.25) is 4.79 Å². The second-order valence-electron chi connectivity index (χ2n) is 7.40. The number of phenolic OH excluding ortho intramolecular Hbond substituents is 1. The highest BCUT2D eigenvalue weighted by Gasteiger charge is 2.25. The van der Waals surface area contributed by atoms with Crippen LogP contribution >= 0.6 is 22.9 Å². The Labute approximate surface area is 183 Å². The average molecular weight is 444 g/mol. The van der Waals surface area contributed by atoms with E-state index in [0.29, 0.717) is 29.6 Å². The fraction of sp³-hybridized carbons (Fsp3) is 0.286. The molecule has 0 bridgehead atoms. The Balaban J connectivity index is 1.60. The van der Waals surface area contributed by atoms with Crippen molar-refractivity contribution in [3.8, 4) is 5.75 Å². The van der Waals surface area contributed by atoms with Crippen LogP contribution in [0.1, 0.15) is 10.4 Å². The highest BCUT2D eigenvalue weighted by atomic mass is 35.5. The molecule has 30 heavy (non-hydrogen) atoms. The molecule has 9 heteroatoms. The first-order chi connectivity index (χ1) is 14.4. The first kappa shape index (κ1) is 20.6. The van der Waals surface area contributed by atoms with Crippen molar-refractivity contribution >= 4 is 50.6 Å². The van der Waals surface area contributed by atoms with E-state index in [1.54, 1.807) is 29.5 Å². The van der Waals surface area contributed by atoms with Gasteiger partial charge in [0, 0.05) is 40.8 Å². The van der Waals surface area contributed by atoms with Gasteiger partial charge in [0.15, 0.2) is 0 Å². The van der Waals surface area contributed by atoms with Gasteiger partial charge in [0.2, 0.25) is 5.91 Å². The van der Waals surface area contributed by atoms with Gasteiger partial charge in [-0.25, -0.2) is 9.97 Å². The molecule has 156 valence electrons. The van der Waals surface area contributed by atoms with Crippen LogP contribution in [0, 0.1) is 0 Å². The van der Waals surface area contributed by atoms with Gasteiger partial charge in [-0.2, -0.15) is 0 Å². The number of likely N-dealkylation sites (N-methyl/N-ethyl adjacent to an activating group) is 1. The maximum absolute atomic E-state index is 12.5. The lowest BCUT2D eigenvalue weighted by Crippen LogP contribution is -2.34. The summed E-state index contributed by atoms with van der Waals surface area (Å²) >= 11 is 7.64. The summed E-state index contributed by atoms with van der Waals surface area (Å²) in [5.41, 5.74) is 1.82. The Morgan fingerprint density at radius 3 is 2.97 bits per heavy atom. The second-order valence-corrected chi connectivity index (χ2v) is 8.92. The van der Waals surface area contributed by atoms with Crippen molar-refractivity contribution in [2.75, 3.05) is 32.5 Å². The number of aromatic hydroxyl groups is 1. The van der Waals surface area contributed by atoms with Gasteiger partial charge in [-0.05, 0) is 38.2 Å². The Hall–Kier alpha value is -2.68. The lowest BCUT2D eigenvalue weighted by atomic mass is 10.0. The van der Waals surface area contributed by atoms with E-state index in [1.165, 1.54) is 18.0 Å². The number of anilines is 2. The number of carbonyl (C=O) groups is 1. The normalized spacial score (nSPS) is 13.9. The molecule has 1 amide bonds. The van der Waals surface area contributed by atoms with E-state index in [9.17, 15) is 9.90 Å². The predicted molar refractivity (Wildman–Crippen MR) is 121 cm³/mol. The molecule has 3 aromatic rings. The molecule has 0 unspecified atom stereocenters. The summed E-state index contributed by atoms with van der Waals surface area (Å²) in [6.45, 7) is 1.95. The summed E-state index contributed by atoms with van der Waals surface area (Å²) in [4.78, 5) is 27.2. The Bertz CT molecular complexity index is 1110. The number of amides is 1. The number of halogens is 1. The highest BCUT2D eigenvalue weighted by Crippen LogP contribution is 2.38. The largest absolute Gasteiger partial charge is 0.508 e. The number of phenols is 1. The van der Waals surface area contributed by atoms with Crippen LogP contribution in [-0.4, -0.2) is 58.0 Å². The zero-order valence-corrected chi connectivity index (χ0v) is 18.3. The summed E-state index contributed by atoms with van der Waals surface area (Å²) in [7, 11) is 3.94. The molecule has 0 fully saturated rings. The minimum absolute atomic E-state index is 0.0267. The summed E-state index contributed by atoms with van der Waals surface area (Å²) in [5.74, 6) is 0.780. The molecule has 3 heterocycles. The first-order valence-corrected chi connectivity index (χ1v) is 10.7. The van der Waals surface area contributed by atoms with Gasteiger partial charge < -0.3 is 20.2 Å². The number of carbonyl (C=O) groups excluding carboxylic acids is 1. The molecule has 1 aliphatic heterocycles. The van der Waals surface area contributed by atoms with Crippen LogP contribution in [0.4, 0.5) is 11.5 Å². The molecule has 2 aromatic heterocycles. The van der Waals surface area contributed by atoms with Crippen LogP contribution in [-0.2, 0) is 17.8 Å². The minimum Gasteiger partial charge on any atom is -0.508 e. The summed E-state index contributed by atoms with van der Waals surface area (Å²) in [6.07, 6.45) is 5.79. The summed E-state index contributed by atoms with van der Waals surface area (Å²) in [6, 6.07) is 4.81. The molecule has 1 aliphatic rings. The number of fused-ring (bicyclic) bond motifs is 3. The van der Waals surface area contributed by atoms with E-state index in [-0.39, 0.29) is 11.7 Å². The molecule has 0 saturated heterocycles. The smallest absolute Gasteiger partial charge is 0.246 e. The molecule has 0 spiro atoms. The third kappa shape index (κ3) is 4.40.